The summed E-state index contributed by atoms with van der Waals surface area (Å²) in [5.74, 6) is -0.218. The van der Waals surface area contributed by atoms with E-state index in [1.165, 1.54) is 0 Å². The SMILES string of the molecule is Cc1cn(C(C(N)=O)C(C)C)c(=S)[nH]1. The molecule has 0 saturated carbocycles. The van der Waals surface area contributed by atoms with E-state index in [1.807, 2.05) is 27.0 Å². The van der Waals surface area contributed by atoms with Crippen LogP contribution in [0.15, 0.2) is 6.20 Å². The molecule has 1 amide bonds. The lowest BCUT2D eigenvalue weighted by atomic mass is 10.0. The van der Waals surface area contributed by atoms with E-state index in [0.717, 1.165) is 5.69 Å². The second-order valence-electron chi connectivity index (χ2n) is 3.74. The number of H-pyrrole nitrogens is 1. The molecule has 0 saturated heterocycles. The van der Waals surface area contributed by atoms with Gasteiger partial charge >= 0.3 is 0 Å². The smallest absolute Gasteiger partial charge is 0.240 e. The number of aryl methyl sites for hydroxylation is 1. The van der Waals surface area contributed by atoms with Crippen molar-refractivity contribution in [3.63, 3.8) is 0 Å². The van der Waals surface area contributed by atoms with Crippen molar-refractivity contribution in [2.24, 2.45) is 11.7 Å². The van der Waals surface area contributed by atoms with E-state index in [0.29, 0.717) is 4.77 Å². The predicted molar refractivity (Wildman–Crippen MR) is 57.4 cm³/mol. The Kier molecular flexibility index (Phi) is 3.10. The Hall–Kier alpha value is -1.10. The molecule has 1 aromatic heterocycles. The van der Waals surface area contributed by atoms with Gasteiger partial charge in [-0.25, -0.2) is 0 Å². The Bertz CT molecular complexity index is 391. The van der Waals surface area contributed by atoms with Gasteiger partial charge in [-0.2, -0.15) is 0 Å². The van der Waals surface area contributed by atoms with Gasteiger partial charge < -0.3 is 15.3 Å². The van der Waals surface area contributed by atoms with Gasteiger partial charge in [0.1, 0.15) is 6.04 Å². The van der Waals surface area contributed by atoms with Gasteiger partial charge in [-0.15, -0.1) is 0 Å². The third-order valence-corrected chi connectivity index (χ3v) is 2.41. The molecule has 1 aromatic rings. The molecule has 78 valence electrons. The predicted octanol–water partition coefficient (Wildman–Crippen LogP) is 1.54. The van der Waals surface area contributed by atoms with Crippen LogP contribution in [0.2, 0.25) is 0 Å². The number of aromatic nitrogens is 2. The summed E-state index contributed by atoms with van der Waals surface area (Å²) in [5.41, 5.74) is 6.26. The van der Waals surface area contributed by atoms with Gasteiger partial charge in [0.2, 0.25) is 5.91 Å². The summed E-state index contributed by atoms with van der Waals surface area (Å²) >= 11 is 5.09. The number of rotatable bonds is 3. The van der Waals surface area contributed by atoms with E-state index in [1.54, 1.807) is 4.57 Å². The maximum Gasteiger partial charge on any atom is 0.240 e. The van der Waals surface area contributed by atoms with Crippen LogP contribution >= 0.6 is 12.2 Å². The number of amides is 1. The highest BCUT2D eigenvalue weighted by molar-refractivity contribution is 7.71. The number of carbonyl (C=O) groups is 1. The highest BCUT2D eigenvalue weighted by Gasteiger charge is 2.22. The number of carbonyl (C=O) groups excluding carboxylic acids is 1. The van der Waals surface area contributed by atoms with Crippen LogP contribution in [0.4, 0.5) is 0 Å². The van der Waals surface area contributed by atoms with Crippen molar-refractivity contribution in [1.82, 2.24) is 9.55 Å². The summed E-state index contributed by atoms with van der Waals surface area (Å²) < 4.78 is 2.26. The molecule has 5 heteroatoms. The van der Waals surface area contributed by atoms with Crippen LogP contribution < -0.4 is 5.73 Å². The lowest BCUT2D eigenvalue weighted by Gasteiger charge is -2.18. The maximum absolute atomic E-state index is 11.2. The average molecular weight is 213 g/mol. The van der Waals surface area contributed by atoms with E-state index in [2.05, 4.69) is 4.98 Å². The average Bonchev–Trinajstić information content (AvgIpc) is 2.29. The number of imidazole rings is 1. The number of hydrogen-bond donors (Lipinski definition) is 2. The number of aromatic amines is 1. The van der Waals surface area contributed by atoms with Crippen LogP contribution in [0, 0.1) is 17.6 Å². The topological polar surface area (TPSA) is 63.8 Å². The van der Waals surface area contributed by atoms with Gasteiger partial charge in [-0.1, -0.05) is 13.8 Å². The van der Waals surface area contributed by atoms with Crippen LogP contribution in [-0.2, 0) is 4.79 Å². The van der Waals surface area contributed by atoms with Crippen molar-refractivity contribution in [2.45, 2.75) is 26.8 Å². The molecular weight excluding hydrogens is 198 g/mol. The molecule has 0 aliphatic carbocycles. The van der Waals surface area contributed by atoms with E-state index >= 15 is 0 Å². The summed E-state index contributed by atoms with van der Waals surface area (Å²) in [6.07, 6.45) is 1.82. The minimum atomic E-state index is -0.368. The Morgan fingerprint density at radius 1 is 1.64 bits per heavy atom. The quantitative estimate of drug-likeness (QED) is 0.748. The van der Waals surface area contributed by atoms with Crippen LogP contribution in [-0.4, -0.2) is 15.5 Å². The Balaban J connectivity index is 3.18. The lowest BCUT2D eigenvalue weighted by Crippen LogP contribution is -2.30. The number of nitrogens with one attached hydrogen (secondary N) is 1. The van der Waals surface area contributed by atoms with Crippen LogP contribution in [0.3, 0.4) is 0 Å². The van der Waals surface area contributed by atoms with Gasteiger partial charge in [-0.05, 0) is 25.1 Å². The Morgan fingerprint density at radius 2 is 2.21 bits per heavy atom. The molecule has 4 nitrogen and oxygen atoms in total. The summed E-state index contributed by atoms with van der Waals surface area (Å²) in [7, 11) is 0. The van der Waals surface area contributed by atoms with Crippen LogP contribution in [0.1, 0.15) is 25.6 Å². The van der Waals surface area contributed by atoms with Crippen molar-refractivity contribution >= 4 is 18.1 Å². The van der Waals surface area contributed by atoms with Crippen molar-refractivity contribution in [3.05, 3.63) is 16.7 Å². The molecule has 0 aliphatic heterocycles. The molecule has 3 N–H and O–H groups in total. The Morgan fingerprint density at radius 3 is 2.50 bits per heavy atom. The van der Waals surface area contributed by atoms with Gasteiger partial charge in [0.05, 0.1) is 0 Å². The third kappa shape index (κ3) is 2.04. The molecule has 1 heterocycles. The standard InChI is InChI=1S/C9H15N3OS/c1-5(2)7(8(10)13)12-4-6(3)11-9(12)14/h4-5,7H,1-3H3,(H2,10,13)(H,11,14). The molecule has 14 heavy (non-hydrogen) atoms. The monoisotopic (exact) mass is 213 g/mol. The zero-order chi connectivity index (χ0) is 10.9. The van der Waals surface area contributed by atoms with E-state index in [4.69, 9.17) is 18.0 Å². The fourth-order valence-electron chi connectivity index (χ4n) is 1.53. The molecule has 1 rings (SSSR count). The zero-order valence-electron chi connectivity index (χ0n) is 8.57. The molecule has 0 bridgehead atoms. The van der Waals surface area contributed by atoms with Gasteiger partial charge in [0, 0.05) is 11.9 Å². The summed E-state index contributed by atoms with van der Waals surface area (Å²) in [6.45, 7) is 5.78. The first-order chi connectivity index (χ1) is 6.43. The molecule has 1 atom stereocenters. The summed E-state index contributed by atoms with van der Waals surface area (Å²) in [5, 5.41) is 0. The van der Waals surface area contributed by atoms with Crippen LogP contribution in [0.25, 0.3) is 0 Å². The largest absolute Gasteiger partial charge is 0.368 e. The number of primary amides is 1. The fourth-order valence-corrected chi connectivity index (χ4v) is 1.85. The van der Waals surface area contributed by atoms with Gasteiger partial charge in [0.25, 0.3) is 0 Å². The molecule has 0 fully saturated rings. The molecule has 0 radical (unpaired) electrons. The van der Waals surface area contributed by atoms with Crippen molar-refractivity contribution in [3.8, 4) is 0 Å². The molecule has 0 aromatic carbocycles. The van der Waals surface area contributed by atoms with Gasteiger partial charge in [0.15, 0.2) is 4.77 Å². The zero-order valence-corrected chi connectivity index (χ0v) is 9.39. The molecular formula is C9H15N3OS. The van der Waals surface area contributed by atoms with Crippen LogP contribution in [0.5, 0.6) is 0 Å². The van der Waals surface area contributed by atoms with Crippen molar-refractivity contribution in [1.29, 1.82) is 0 Å². The Labute approximate surface area is 88.1 Å². The second kappa shape index (κ2) is 3.96. The number of nitrogens with zero attached hydrogens (tertiary/aromatic N) is 1. The number of hydrogen-bond acceptors (Lipinski definition) is 2. The summed E-state index contributed by atoms with van der Waals surface area (Å²) in [4.78, 5) is 14.2. The minimum Gasteiger partial charge on any atom is -0.368 e. The van der Waals surface area contributed by atoms with E-state index < -0.39 is 0 Å². The first-order valence-corrected chi connectivity index (χ1v) is 4.91. The highest BCUT2D eigenvalue weighted by Crippen LogP contribution is 2.18. The minimum absolute atomic E-state index is 0.134. The van der Waals surface area contributed by atoms with E-state index in [-0.39, 0.29) is 17.9 Å². The van der Waals surface area contributed by atoms with Crippen molar-refractivity contribution < 1.29 is 4.79 Å². The maximum atomic E-state index is 11.2. The first-order valence-electron chi connectivity index (χ1n) is 4.50. The molecule has 1 unspecified atom stereocenters. The summed E-state index contributed by atoms with van der Waals surface area (Å²) in [6, 6.07) is -0.368. The third-order valence-electron chi connectivity index (χ3n) is 2.09. The highest BCUT2D eigenvalue weighted by atomic mass is 32.1. The second-order valence-corrected chi connectivity index (χ2v) is 4.13. The van der Waals surface area contributed by atoms with E-state index in [9.17, 15) is 4.79 Å². The number of nitrogens with two attached hydrogens (primary N) is 1. The fraction of sp³-hybridized carbons (Fsp3) is 0.556. The first kappa shape index (κ1) is 11.0. The normalized spacial score (nSPS) is 13.1. The van der Waals surface area contributed by atoms with Gasteiger partial charge in [-0.3, -0.25) is 4.79 Å². The molecule has 0 aliphatic rings. The lowest BCUT2D eigenvalue weighted by molar-refractivity contribution is -0.122. The van der Waals surface area contributed by atoms with Crippen molar-refractivity contribution in [2.75, 3.05) is 0 Å². The molecule has 0 spiro atoms.